The molecule has 0 bridgehead atoms. The monoisotopic (exact) mass is 388 g/mol. The largest absolute Gasteiger partial charge is 0.271 e. The highest BCUT2D eigenvalue weighted by Crippen LogP contribution is 2.24. The van der Waals surface area contributed by atoms with Crippen LogP contribution in [0.1, 0.15) is 55.5 Å². The summed E-state index contributed by atoms with van der Waals surface area (Å²) in [7, 11) is 0. The van der Waals surface area contributed by atoms with Crippen LogP contribution in [0.5, 0.6) is 0 Å². The van der Waals surface area contributed by atoms with E-state index in [0.717, 1.165) is 42.2 Å². The van der Waals surface area contributed by atoms with Crippen LogP contribution in [0, 0.1) is 0 Å². The lowest BCUT2D eigenvalue weighted by Crippen LogP contribution is -2.19. The molecular weight excluding hydrogens is 364 g/mol. The third-order valence-electron chi connectivity index (χ3n) is 3.83. The normalized spacial score (nSPS) is 10.4. The highest BCUT2D eigenvalue weighted by Gasteiger charge is 2.06. The van der Waals surface area contributed by atoms with Gasteiger partial charge in [0.2, 0.25) is 0 Å². The summed E-state index contributed by atoms with van der Waals surface area (Å²) in [6.45, 7) is 4.24. The Hall–Kier alpha value is -1.78. The van der Waals surface area contributed by atoms with E-state index in [1.54, 1.807) is 11.8 Å². The fraction of sp³-hybridized carbons (Fsp3) is 0.333. The molecule has 3 nitrogen and oxygen atoms in total. The number of benzene rings is 2. The molecular formula is C21H25ClN2OS. The molecule has 0 heterocycles. The first kappa shape index (κ1) is 20.5. The first-order valence-electron chi connectivity index (χ1n) is 8.95. The van der Waals surface area contributed by atoms with E-state index in [0.29, 0.717) is 5.56 Å². The molecule has 0 radical (unpaired) electrons. The summed E-state index contributed by atoms with van der Waals surface area (Å²) in [5.41, 5.74) is 5.53. The van der Waals surface area contributed by atoms with Gasteiger partial charge < -0.3 is 0 Å². The molecule has 0 spiro atoms. The zero-order valence-corrected chi connectivity index (χ0v) is 16.9. The van der Waals surface area contributed by atoms with E-state index in [2.05, 4.69) is 24.4 Å². The van der Waals surface area contributed by atoms with Gasteiger partial charge in [0, 0.05) is 26.9 Å². The molecule has 0 aromatic heterocycles. The molecule has 1 N–H and O–H groups in total. The molecule has 0 aliphatic carbocycles. The van der Waals surface area contributed by atoms with E-state index in [1.165, 1.54) is 10.5 Å². The predicted molar refractivity (Wildman–Crippen MR) is 112 cm³/mol. The molecule has 5 heteroatoms. The fourth-order valence-corrected chi connectivity index (χ4v) is 3.44. The van der Waals surface area contributed by atoms with Crippen LogP contribution in [0.4, 0.5) is 0 Å². The van der Waals surface area contributed by atoms with Crippen LogP contribution in [0.3, 0.4) is 0 Å². The summed E-state index contributed by atoms with van der Waals surface area (Å²) in [5, 5.41) is 5.03. The Morgan fingerprint density at radius 3 is 2.19 bits per heavy atom. The molecule has 0 aliphatic rings. The summed E-state index contributed by atoms with van der Waals surface area (Å²) in [5.74, 6) is 0.686. The zero-order chi connectivity index (χ0) is 18.8. The summed E-state index contributed by atoms with van der Waals surface area (Å²) in [6, 6.07) is 15.5. The third kappa shape index (κ3) is 6.85. The quantitative estimate of drug-likeness (QED) is 0.310. The number of halogens is 1. The number of nitrogens with one attached hydrogen (secondary N) is 1. The van der Waals surface area contributed by atoms with Crippen molar-refractivity contribution in [2.75, 3.05) is 0 Å². The second-order valence-electron chi connectivity index (χ2n) is 6.06. The first-order valence-corrected chi connectivity index (χ1v) is 10.3. The lowest BCUT2D eigenvalue weighted by molar-refractivity contribution is 0.0954. The molecule has 2 aromatic rings. The Kier molecular flexibility index (Phi) is 8.72. The zero-order valence-electron chi connectivity index (χ0n) is 15.3. The van der Waals surface area contributed by atoms with Crippen LogP contribution in [-0.4, -0.2) is 11.6 Å². The van der Waals surface area contributed by atoms with Crippen molar-refractivity contribution >= 4 is 35.0 Å². The highest BCUT2D eigenvalue weighted by molar-refractivity contribution is 7.98. The van der Waals surface area contributed by atoms with Crippen LogP contribution >= 0.6 is 23.4 Å². The number of hydrogen-bond acceptors (Lipinski definition) is 3. The molecule has 2 aromatic carbocycles. The Bertz CT molecular complexity index is 719. The van der Waals surface area contributed by atoms with Crippen LogP contribution in [0.2, 0.25) is 5.02 Å². The van der Waals surface area contributed by atoms with Gasteiger partial charge in [-0.25, -0.2) is 5.43 Å². The van der Waals surface area contributed by atoms with Gasteiger partial charge in [-0.05, 0) is 54.8 Å². The molecule has 2 rings (SSSR count). The Morgan fingerprint density at radius 2 is 1.62 bits per heavy atom. The summed E-state index contributed by atoms with van der Waals surface area (Å²) < 4.78 is 0. The number of amides is 1. The van der Waals surface area contributed by atoms with E-state index in [1.807, 2.05) is 48.5 Å². The lowest BCUT2D eigenvalue weighted by Gasteiger charge is -2.06. The number of hydrazone groups is 1. The van der Waals surface area contributed by atoms with Gasteiger partial charge in [-0.15, -0.1) is 11.8 Å². The minimum Gasteiger partial charge on any atom is -0.267 e. The van der Waals surface area contributed by atoms with Gasteiger partial charge >= 0.3 is 0 Å². The maximum atomic E-state index is 12.2. The van der Waals surface area contributed by atoms with Gasteiger partial charge in [0.1, 0.15) is 0 Å². The number of rotatable bonds is 9. The van der Waals surface area contributed by atoms with Crippen molar-refractivity contribution in [3.8, 4) is 0 Å². The Labute approximate surface area is 165 Å². The first-order chi connectivity index (χ1) is 12.6. The molecule has 0 saturated heterocycles. The molecule has 0 saturated carbocycles. The van der Waals surface area contributed by atoms with Crippen LogP contribution in [0.25, 0.3) is 0 Å². The SMILES string of the molecule is CCCC(CCC)=NNC(=O)c1ccc(CSc2ccc(Cl)cc2)cc1. The van der Waals surface area contributed by atoms with Gasteiger partial charge in [0.05, 0.1) is 0 Å². The van der Waals surface area contributed by atoms with Crippen LogP contribution in [0.15, 0.2) is 58.5 Å². The van der Waals surface area contributed by atoms with E-state index >= 15 is 0 Å². The van der Waals surface area contributed by atoms with Crippen molar-refractivity contribution in [2.45, 2.75) is 50.2 Å². The number of carbonyl (C=O) groups is 1. The molecule has 0 fully saturated rings. The number of thioether (sulfide) groups is 1. The Balaban J connectivity index is 1.90. The maximum Gasteiger partial charge on any atom is 0.271 e. The number of nitrogens with zero attached hydrogens (tertiary/aromatic N) is 1. The predicted octanol–water partition coefficient (Wildman–Crippen LogP) is 6.32. The van der Waals surface area contributed by atoms with Crippen LogP contribution in [-0.2, 0) is 5.75 Å². The molecule has 1 amide bonds. The molecule has 26 heavy (non-hydrogen) atoms. The van der Waals surface area contributed by atoms with Crippen molar-refractivity contribution in [3.05, 3.63) is 64.7 Å². The highest BCUT2D eigenvalue weighted by atomic mass is 35.5. The van der Waals surface area contributed by atoms with Gasteiger partial charge in [0.15, 0.2) is 0 Å². The standard InChI is InChI=1S/C21H25ClN2OS/c1-3-5-19(6-4-2)23-24-21(25)17-9-7-16(8-10-17)15-26-20-13-11-18(22)12-14-20/h7-14H,3-6,15H2,1-2H3,(H,24,25). The third-order valence-corrected chi connectivity index (χ3v) is 5.16. The van der Waals surface area contributed by atoms with Gasteiger partial charge in [-0.3, -0.25) is 4.79 Å². The Morgan fingerprint density at radius 1 is 1.00 bits per heavy atom. The van der Waals surface area contributed by atoms with E-state index in [-0.39, 0.29) is 5.91 Å². The van der Waals surface area contributed by atoms with Gasteiger partial charge in [-0.2, -0.15) is 5.10 Å². The molecule has 0 atom stereocenters. The summed E-state index contributed by atoms with van der Waals surface area (Å²) in [4.78, 5) is 13.4. The van der Waals surface area contributed by atoms with Crippen LogP contribution < -0.4 is 5.43 Å². The lowest BCUT2D eigenvalue weighted by atomic mass is 10.1. The van der Waals surface area contributed by atoms with Gasteiger partial charge in [0.25, 0.3) is 5.91 Å². The topological polar surface area (TPSA) is 41.5 Å². The van der Waals surface area contributed by atoms with Crippen molar-refractivity contribution in [3.63, 3.8) is 0 Å². The fourth-order valence-electron chi connectivity index (χ4n) is 2.46. The van der Waals surface area contributed by atoms with E-state index in [4.69, 9.17) is 11.6 Å². The van der Waals surface area contributed by atoms with Crippen molar-refractivity contribution in [2.24, 2.45) is 5.10 Å². The number of hydrogen-bond donors (Lipinski definition) is 1. The average molecular weight is 389 g/mol. The van der Waals surface area contributed by atoms with E-state index in [9.17, 15) is 4.79 Å². The molecule has 138 valence electrons. The smallest absolute Gasteiger partial charge is 0.267 e. The van der Waals surface area contributed by atoms with Crippen molar-refractivity contribution in [1.82, 2.24) is 5.43 Å². The minimum atomic E-state index is -0.161. The molecule has 0 aliphatic heterocycles. The second-order valence-corrected chi connectivity index (χ2v) is 7.54. The number of carbonyl (C=O) groups excluding carboxylic acids is 1. The maximum absolute atomic E-state index is 12.2. The average Bonchev–Trinajstić information content (AvgIpc) is 2.66. The summed E-state index contributed by atoms with van der Waals surface area (Å²) >= 11 is 7.64. The van der Waals surface area contributed by atoms with Gasteiger partial charge in [-0.1, -0.05) is 50.4 Å². The second kappa shape index (κ2) is 11.0. The van der Waals surface area contributed by atoms with Crippen molar-refractivity contribution in [1.29, 1.82) is 0 Å². The van der Waals surface area contributed by atoms with E-state index < -0.39 is 0 Å². The minimum absolute atomic E-state index is 0.161. The van der Waals surface area contributed by atoms with Crippen molar-refractivity contribution < 1.29 is 4.79 Å². The molecule has 0 unspecified atom stereocenters. The summed E-state index contributed by atoms with van der Waals surface area (Å²) in [6.07, 6.45) is 3.92.